The van der Waals surface area contributed by atoms with E-state index in [1.165, 1.54) is 12.1 Å². The Morgan fingerprint density at radius 2 is 2.27 bits per heavy atom. The number of benzene rings is 1. The summed E-state index contributed by atoms with van der Waals surface area (Å²) in [6.07, 6.45) is -0.0324. The number of nitrogens with one attached hydrogen (secondary N) is 1. The van der Waals surface area contributed by atoms with E-state index in [2.05, 4.69) is 21.2 Å². The number of aliphatic carboxylic acids is 1. The number of hydrogen-bond donors (Lipinski definition) is 2. The van der Waals surface area contributed by atoms with Crippen molar-refractivity contribution < 1.29 is 14.3 Å². The van der Waals surface area contributed by atoms with E-state index >= 15 is 0 Å². The zero-order valence-corrected chi connectivity index (χ0v) is 9.90. The first-order valence-corrected chi connectivity index (χ1v) is 5.28. The first kappa shape index (κ1) is 12.3. The Bertz CT molecular complexity index is 363. The van der Waals surface area contributed by atoms with Gasteiger partial charge in [-0.3, -0.25) is 4.79 Å². The van der Waals surface area contributed by atoms with Crippen molar-refractivity contribution in [2.24, 2.45) is 0 Å². The van der Waals surface area contributed by atoms with Gasteiger partial charge in [0.1, 0.15) is 5.82 Å². The van der Waals surface area contributed by atoms with Gasteiger partial charge in [-0.1, -0.05) is 11.6 Å². The average molecular weight is 297 g/mol. The number of hydrogen-bond acceptors (Lipinski definition) is 2. The van der Waals surface area contributed by atoms with E-state index in [1.54, 1.807) is 0 Å². The van der Waals surface area contributed by atoms with Gasteiger partial charge in [-0.05, 0) is 28.1 Å². The molecule has 0 aliphatic rings. The molecule has 0 saturated heterocycles. The van der Waals surface area contributed by atoms with Crippen molar-refractivity contribution in [3.63, 3.8) is 0 Å². The molecule has 0 spiro atoms. The van der Waals surface area contributed by atoms with Gasteiger partial charge in [0.25, 0.3) is 0 Å². The maximum absolute atomic E-state index is 13.1. The minimum Gasteiger partial charge on any atom is -0.481 e. The van der Waals surface area contributed by atoms with Gasteiger partial charge in [0.15, 0.2) is 0 Å². The molecule has 0 aliphatic heterocycles. The Morgan fingerprint density at radius 1 is 1.60 bits per heavy atom. The van der Waals surface area contributed by atoms with Gasteiger partial charge in [-0.15, -0.1) is 0 Å². The molecule has 0 amide bonds. The van der Waals surface area contributed by atoms with Crippen molar-refractivity contribution in [2.45, 2.75) is 6.42 Å². The standard InChI is InChI=1S/C9H8BrClFNO2/c10-9-6(11)3-5(4-7(9)12)13-2-1-8(14)15/h3-4,13H,1-2H2,(H,14,15). The van der Waals surface area contributed by atoms with Crippen LogP contribution >= 0.6 is 27.5 Å². The molecule has 0 saturated carbocycles. The van der Waals surface area contributed by atoms with Crippen molar-refractivity contribution in [1.29, 1.82) is 0 Å². The molecule has 3 nitrogen and oxygen atoms in total. The zero-order valence-electron chi connectivity index (χ0n) is 7.56. The average Bonchev–Trinajstić information content (AvgIpc) is 2.13. The summed E-state index contributed by atoms with van der Waals surface area (Å²) in [6.45, 7) is 0.229. The zero-order chi connectivity index (χ0) is 11.4. The van der Waals surface area contributed by atoms with Crippen molar-refractivity contribution in [1.82, 2.24) is 0 Å². The molecule has 0 unspecified atom stereocenters. The summed E-state index contributed by atoms with van der Waals surface area (Å²) in [5.74, 6) is -1.40. The Balaban J connectivity index is 2.66. The highest BCUT2D eigenvalue weighted by Crippen LogP contribution is 2.28. The lowest BCUT2D eigenvalue weighted by Crippen LogP contribution is -2.07. The van der Waals surface area contributed by atoms with Gasteiger partial charge in [-0.25, -0.2) is 4.39 Å². The fourth-order valence-electron chi connectivity index (χ4n) is 0.971. The van der Waals surface area contributed by atoms with E-state index < -0.39 is 11.8 Å². The van der Waals surface area contributed by atoms with Crippen LogP contribution in [0.4, 0.5) is 10.1 Å². The summed E-state index contributed by atoms with van der Waals surface area (Å²) in [5.41, 5.74) is 0.460. The maximum Gasteiger partial charge on any atom is 0.305 e. The molecule has 15 heavy (non-hydrogen) atoms. The fraction of sp³-hybridized carbons (Fsp3) is 0.222. The molecule has 0 atom stereocenters. The van der Waals surface area contributed by atoms with Gasteiger partial charge < -0.3 is 10.4 Å². The predicted octanol–water partition coefficient (Wildman–Crippen LogP) is 3.13. The summed E-state index contributed by atoms with van der Waals surface area (Å²) in [5, 5.41) is 11.4. The van der Waals surface area contributed by atoms with Crippen LogP contribution in [0.2, 0.25) is 5.02 Å². The fourth-order valence-corrected chi connectivity index (χ4v) is 1.41. The highest BCUT2D eigenvalue weighted by molar-refractivity contribution is 9.10. The normalized spacial score (nSPS) is 10.1. The number of halogens is 3. The van der Waals surface area contributed by atoms with Crippen LogP contribution in [-0.2, 0) is 4.79 Å². The SMILES string of the molecule is O=C(O)CCNc1cc(F)c(Br)c(Cl)c1. The van der Waals surface area contributed by atoms with Crippen LogP contribution in [0.5, 0.6) is 0 Å². The first-order valence-electron chi connectivity index (χ1n) is 4.11. The lowest BCUT2D eigenvalue weighted by molar-refractivity contribution is -0.136. The second-order valence-corrected chi connectivity index (χ2v) is 4.02. The molecular weight excluding hydrogens is 288 g/mol. The Hall–Kier alpha value is -0.810. The van der Waals surface area contributed by atoms with Crippen LogP contribution in [0.25, 0.3) is 0 Å². The van der Waals surface area contributed by atoms with Crippen LogP contribution in [0.15, 0.2) is 16.6 Å². The summed E-state index contributed by atoms with van der Waals surface area (Å²) in [6, 6.07) is 2.77. The second-order valence-electron chi connectivity index (χ2n) is 2.82. The second kappa shape index (κ2) is 5.32. The smallest absolute Gasteiger partial charge is 0.305 e. The van der Waals surface area contributed by atoms with Gasteiger partial charge in [0.05, 0.1) is 15.9 Å². The van der Waals surface area contributed by atoms with Crippen molar-refractivity contribution in [3.8, 4) is 0 Å². The highest BCUT2D eigenvalue weighted by atomic mass is 79.9. The van der Waals surface area contributed by atoms with Crippen molar-refractivity contribution in [2.75, 3.05) is 11.9 Å². The highest BCUT2D eigenvalue weighted by Gasteiger charge is 2.06. The number of carboxylic acids is 1. The molecule has 1 aromatic carbocycles. The molecule has 0 aliphatic carbocycles. The topological polar surface area (TPSA) is 49.3 Å². The molecule has 0 heterocycles. The Morgan fingerprint density at radius 3 is 2.80 bits per heavy atom. The molecule has 6 heteroatoms. The maximum atomic E-state index is 13.1. The van der Waals surface area contributed by atoms with Crippen molar-refractivity contribution in [3.05, 3.63) is 27.4 Å². The molecule has 2 N–H and O–H groups in total. The number of carboxylic acid groups (broad SMARTS) is 1. The first-order chi connectivity index (χ1) is 7.00. The summed E-state index contributed by atoms with van der Waals surface area (Å²) >= 11 is 8.69. The molecule has 0 radical (unpaired) electrons. The molecule has 1 aromatic rings. The van der Waals surface area contributed by atoms with E-state index in [0.717, 1.165) is 0 Å². The molecular formula is C9H8BrClFNO2. The summed E-state index contributed by atoms with van der Waals surface area (Å²) in [7, 11) is 0. The minimum atomic E-state index is -0.911. The molecule has 0 aromatic heterocycles. The lowest BCUT2D eigenvalue weighted by Gasteiger charge is -2.06. The predicted molar refractivity (Wildman–Crippen MR) is 59.9 cm³/mol. The van der Waals surface area contributed by atoms with Crippen molar-refractivity contribution >= 4 is 39.2 Å². The van der Waals surface area contributed by atoms with Crippen LogP contribution in [0, 0.1) is 5.82 Å². The third-order valence-electron chi connectivity index (χ3n) is 1.65. The van der Waals surface area contributed by atoms with E-state index in [4.69, 9.17) is 16.7 Å². The summed E-state index contributed by atoms with van der Waals surface area (Å²) in [4.78, 5) is 10.2. The van der Waals surface area contributed by atoms with Crippen LogP contribution in [-0.4, -0.2) is 17.6 Å². The van der Waals surface area contributed by atoms with E-state index in [0.29, 0.717) is 5.69 Å². The quantitative estimate of drug-likeness (QED) is 0.839. The Kier molecular flexibility index (Phi) is 4.35. The summed E-state index contributed by atoms with van der Waals surface area (Å²) < 4.78 is 13.3. The molecule has 0 fully saturated rings. The number of anilines is 1. The van der Waals surface area contributed by atoms with E-state index in [9.17, 15) is 9.18 Å². The van der Waals surface area contributed by atoms with Crippen LogP contribution < -0.4 is 5.32 Å². The Labute approximate surface area is 99.4 Å². The van der Waals surface area contributed by atoms with Crippen LogP contribution in [0.1, 0.15) is 6.42 Å². The van der Waals surface area contributed by atoms with Gasteiger partial charge in [-0.2, -0.15) is 0 Å². The molecule has 1 rings (SSSR count). The third-order valence-corrected chi connectivity index (χ3v) is 2.98. The lowest BCUT2D eigenvalue weighted by atomic mass is 10.3. The number of carbonyl (C=O) groups is 1. The monoisotopic (exact) mass is 295 g/mol. The van der Waals surface area contributed by atoms with Gasteiger partial charge in [0.2, 0.25) is 0 Å². The third kappa shape index (κ3) is 3.68. The molecule has 0 bridgehead atoms. The van der Waals surface area contributed by atoms with E-state index in [1.807, 2.05) is 0 Å². The minimum absolute atomic E-state index is 0.0324. The van der Waals surface area contributed by atoms with Gasteiger partial charge in [0, 0.05) is 12.2 Å². The van der Waals surface area contributed by atoms with Crippen LogP contribution in [0.3, 0.4) is 0 Å². The van der Waals surface area contributed by atoms with Gasteiger partial charge >= 0.3 is 5.97 Å². The largest absolute Gasteiger partial charge is 0.481 e. The number of rotatable bonds is 4. The van der Waals surface area contributed by atoms with E-state index in [-0.39, 0.29) is 22.5 Å². The molecule has 82 valence electrons.